The Bertz CT molecular complexity index is 798. The molecule has 1 saturated carbocycles. The SMILES string of the molecule is COC(=O)C1=C(CN2CC3(CC3)CC2C(=O)O)NC(c2nccs2)=NC1. The maximum Gasteiger partial charge on any atom is 0.337 e. The lowest BCUT2D eigenvalue weighted by molar-refractivity contribution is -0.142. The fraction of sp³-hybridized carbons (Fsp3) is 0.529. The molecule has 1 spiro atoms. The van der Waals surface area contributed by atoms with Crippen molar-refractivity contribution in [2.45, 2.75) is 25.3 Å². The standard InChI is InChI=1S/C17H20N4O4S/c1-25-16(24)10-7-19-13(14-18-4-5-26-14)20-11(10)8-21-9-17(2-3-17)6-12(21)15(22)23/h4-5,12H,2-3,6-9H2,1H3,(H,19,20)(H,22,23). The Morgan fingerprint density at radius 3 is 2.92 bits per heavy atom. The maximum atomic E-state index is 12.2. The Balaban J connectivity index is 1.59. The summed E-state index contributed by atoms with van der Waals surface area (Å²) >= 11 is 1.45. The summed E-state index contributed by atoms with van der Waals surface area (Å²) in [6.45, 7) is 1.29. The van der Waals surface area contributed by atoms with Gasteiger partial charge in [-0.15, -0.1) is 11.3 Å². The summed E-state index contributed by atoms with van der Waals surface area (Å²) in [5.74, 6) is -0.643. The van der Waals surface area contributed by atoms with Crippen LogP contribution in [0.2, 0.25) is 0 Å². The number of likely N-dealkylation sites (tertiary alicyclic amines) is 1. The van der Waals surface area contributed by atoms with Gasteiger partial charge in [0, 0.05) is 30.4 Å². The number of carbonyl (C=O) groups is 2. The predicted octanol–water partition coefficient (Wildman–Crippen LogP) is 0.859. The number of esters is 1. The van der Waals surface area contributed by atoms with Gasteiger partial charge in [0.2, 0.25) is 0 Å². The second-order valence-corrected chi connectivity index (χ2v) is 7.93. The highest BCUT2D eigenvalue weighted by Crippen LogP contribution is 2.54. The van der Waals surface area contributed by atoms with E-state index in [1.54, 1.807) is 6.20 Å². The molecular formula is C17H20N4O4S. The molecule has 0 amide bonds. The van der Waals surface area contributed by atoms with E-state index in [2.05, 4.69) is 15.3 Å². The minimum Gasteiger partial charge on any atom is -0.480 e. The zero-order valence-electron chi connectivity index (χ0n) is 14.4. The number of carbonyl (C=O) groups excluding carboxylic acids is 1. The number of nitrogens with one attached hydrogen (secondary N) is 1. The number of aromatic nitrogens is 1. The van der Waals surface area contributed by atoms with Gasteiger partial charge in [0.25, 0.3) is 0 Å². The highest BCUT2D eigenvalue weighted by molar-refractivity contribution is 7.11. The van der Waals surface area contributed by atoms with Gasteiger partial charge in [-0.3, -0.25) is 14.7 Å². The summed E-state index contributed by atoms with van der Waals surface area (Å²) in [4.78, 5) is 34.5. The first-order valence-electron chi connectivity index (χ1n) is 8.50. The van der Waals surface area contributed by atoms with Crippen molar-refractivity contribution in [2.24, 2.45) is 10.4 Å². The first-order valence-corrected chi connectivity index (χ1v) is 9.38. The quantitative estimate of drug-likeness (QED) is 0.735. The van der Waals surface area contributed by atoms with Crippen molar-refractivity contribution in [1.82, 2.24) is 15.2 Å². The monoisotopic (exact) mass is 376 g/mol. The number of aliphatic carboxylic acids is 1. The molecule has 1 aromatic heterocycles. The van der Waals surface area contributed by atoms with E-state index in [0.29, 0.717) is 30.1 Å². The van der Waals surface area contributed by atoms with Crippen LogP contribution >= 0.6 is 11.3 Å². The molecule has 0 bridgehead atoms. The summed E-state index contributed by atoms with van der Waals surface area (Å²) in [5.41, 5.74) is 1.24. The third kappa shape index (κ3) is 3.12. The smallest absolute Gasteiger partial charge is 0.337 e. The fourth-order valence-electron chi connectivity index (χ4n) is 3.72. The Morgan fingerprint density at radius 1 is 1.50 bits per heavy atom. The number of aliphatic imine (C=N–C) groups is 1. The van der Waals surface area contributed by atoms with E-state index in [0.717, 1.165) is 24.4 Å². The third-order valence-electron chi connectivity index (χ3n) is 5.30. The van der Waals surface area contributed by atoms with E-state index in [9.17, 15) is 14.7 Å². The van der Waals surface area contributed by atoms with Crippen LogP contribution in [0.25, 0.3) is 0 Å². The predicted molar refractivity (Wildman–Crippen MR) is 95.0 cm³/mol. The van der Waals surface area contributed by atoms with Gasteiger partial charge in [-0.05, 0) is 24.7 Å². The molecule has 3 aliphatic rings. The van der Waals surface area contributed by atoms with E-state index in [1.165, 1.54) is 18.4 Å². The number of carboxylic acid groups (broad SMARTS) is 1. The molecule has 0 radical (unpaired) electrons. The van der Waals surface area contributed by atoms with Crippen LogP contribution in [0.3, 0.4) is 0 Å². The summed E-state index contributed by atoms with van der Waals surface area (Å²) in [7, 11) is 1.34. The number of hydrogen-bond donors (Lipinski definition) is 2. The summed E-state index contributed by atoms with van der Waals surface area (Å²) in [6, 6.07) is -0.520. The summed E-state index contributed by atoms with van der Waals surface area (Å²) in [6.07, 6.45) is 4.53. The Morgan fingerprint density at radius 2 is 2.31 bits per heavy atom. The van der Waals surface area contributed by atoms with Crippen molar-refractivity contribution in [3.63, 3.8) is 0 Å². The van der Waals surface area contributed by atoms with Crippen LogP contribution in [0.15, 0.2) is 27.8 Å². The molecular weight excluding hydrogens is 356 g/mol. The Labute approximate surface area is 154 Å². The van der Waals surface area contributed by atoms with Crippen molar-refractivity contribution >= 4 is 29.1 Å². The number of rotatable bonds is 5. The van der Waals surface area contributed by atoms with Gasteiger partial charge in [0.05, 0.1) is 19.2 Å². The molecule has 4 rings (SSSR count). The summed E-state index contributed by atoms with van der Waals surface area (Å²) in [5, 5.41) is 15.4. The van der Waals surface area contributed by atoms with Crippen LogP contribution in [0, 0.1) is 5.41 Å². The number of thiazole rings is 1. The van der Waals surface area contributed by atoms with Gasteiger partial charge in [-0.25, -0.2) is 9.78 Å². The number of carboxylic acids is 1. The molecule has 1 atom stereocenters. The topological polar surface area (TPSA) is 104 Å². The highest BCUT2D eigenvalue weighted by atomic mass is 32.1. The largest absolute Gasteiger partial charge is 0.480 e. The molecule has 0 aromatic carbocycles. The average Bonchev–Trinajstić information content (AvgIpc) is 3.04. The molecule has 3 heterocycles. The Kier molecular flexibility index (Phi) is 4.28. The van der Waals surface area contributed by atoms with Gasteiger partial charge in [0.1, 0.15) is 6.04 Å². The molecule has 138 valence electrons. The van der Waals surface area contributed by atoms with Crippen LogP contribution < -0.4 is 5.32 Å². The van der Waals surface area contributed by atoms with E-state index in [1.807, 2.05) is 10.3 Å². The van der Waals surface area contributed by atoms with Crippen molar-refractivity contribution in [2.75, 3.05) is 26.7 Å². The first kappa shape index (κ1) is 17.2. The van der Waals surface area contributed by atoms with Crippen LogP contribution in [-0.4, -0.2) is 65.6 Å². The van der Waals surface area contributed by atoms with Crippen LogP contribution in [-0.2, 0) is 14.3 Å². The zero-order valence-corrected chi connectivity index (χ0v) is 15.2. The highest BCUT2D eigenvalue weighted by Gasteiger charge is 2.54. The van der Waals surface area contributed by atoms with Gasteiger partial charge in [-0.1, -0.05) is 0 Å². The van der Waals surface area contributed by atoms with Crippen LogP contribution in [0.4, 0.5) is 0 Å². The molecule has 1 saturated heterocycles. The molecule has 9 heteroatoms. The minimum atomic E-state index is -0.807. The Hall–Kier alpha value is -2.26. The van der Waals surface area contributed by atoms with Crippen molar-refractivity contribution in [1.29, 1.82) is 0 Å². The number of nitrogens with zero attached hydrogens (tertiary/aromatic N) is 3. The summed E-state index contributed by atoms with van der Waals surface area (Å²) < 4.78 is 4.88. The lowest BCUT2D eigenvalue weighted by atomic mass is 10.0. The van der Waals surface area contributed by atoms with Gasteiger partial charge >= 0.3 is 11.9 Å². The van der Waals surface area contributed by atoms with Crippen molar-refractivity contribution in [3.8, 4) is 0 Å². The van der Waals surface area contributed by atoms with E-state index in [4.69, 9.17) is 4.74 Å². The van der Waals surface area contributed by atoms with Crippen molar-refractivity contribution < 1.29 is 19.4 Å². The minimum absolute atomic E-state index is 0.149. The van der Waals surface area contributed by atoms with Gasteiger partial charge < -0.3 is 15.2 Å². The molecule has 2 fully saturated rings. The second kappa shape index (κ2) is 6.48. The normalized spacial score (nSPS) is 24.3. The maximum absolute atomic E-state index is 12.2. The van der Waals surface area contributed by atoms with Gasteiger partial charge in [0.15, 0.2) is 10.8 Å². The molecule has 2 aliphatic heterocycles. The van der Waals surface area contributed by atoms with E-state index in [-0.39, 0.29) is 12.0 Å². The fourth-order valence-corrected chi connectivity index (χ4v) is 4.31. The van der Waals surface area contributed by atoms with Crippen LogP contribution in [0.1, 0.15) is 24.3 Å². The molecule has 1 unspecified atom stereocenters. The zero-order chi connectivity index (χ0) is 18.3. The number of hydrogen-bond acceptors (Lipinski definition) is 8. The van der Waals surface area contributed by atoms with Gasteiger partial charge in [-0.2, -0.15) is 0 Å². The van der Waals surface area contributed by atoms with E-state index < -0.39 is 18.0 Å². The average molecular weight is 376 g/mol. The van der Waals surface area contributed by atoms with Crippen molar-refractivity contribution in [3.05, 3.63) is 27.9 Å². The lowest BCUT2D eigenvalue weighted by Crippen LogP contribution is -2.42. The number of ether oxygens (including phenoxy) is 1. The third-order valence-corrected chi connectivity index (χ3v) is 6.08. The number of methoxy groups -OCH3 is 1. The number of amidine groups is 1. The molecule has 1 aromatic rings. The molecule has 2 N–H and O–H groups in total. The first-order chi connectivity index (χ1) is 12.5. The lowest BCUT2D eigenvalue weighted by Gasteiger charge is -2.27. The second-order valence-electron chi connectivity index (χ2n) is 7.04. The molecule has 1 aliphatic carbocycles. The van der Waals surface area contributed by atoms with Crippen LogP contribution in [0.5, 0.6) is 0 Å². The molecule has 26 heavy (non-hydrogen) atoms. The van der Waals surface area contributed by atoms with E-state index >= 15 is 0 Å². The molecule has 8 nitrogen and oxygen atoms in total.